The number of nitrogen functional groups attached to an aromatic ring is 1. The van der Waals surface area contributed by atoms with E-state index >= 15 is 0 Å². The summed E-state index contributed by atoms with van der Waals surface area (Å²) in [6.07, 6.45) is 3.40. The summed E-state index contributed by atoms with van der Waals surface area (Å²) in [6, 6.07) is -0.299. The number of amides is 1. The van der Waals surface area contributed by atoms with Crippen molar-refractivity contribution in [2.24, 2.45) is 0 Å². The zero-order chi connectivity index (χ0) is 14.5. The van der Waals surface area contributed by atoms with Crippen LogP contribution in [0.15, 0.2) is 0 Å². The molecule has 2 heterocycles. The summed E-state index contributed by atoms with van der Waals surface area (Å²) >= 11 is 1.23. The van der Waals surface area contributed by atoms with E-state index in [0.29, 0.717) is 18.2 Å². The monoisotopic (exact) mass is 298 g/mol. The smallest absolute Gasteiger partial charge is 0.244 e. The molecule has 1 aliphatic rings. The summed E-state index contributed by atoms with van der Waals surface area (Å²) in [4.78, 5) is 14.3. The van der Waals surface area contributed by atoms with Crippen molar-refractivity contribution < 1.29 is 9.53 Å². The molecule has 0 saturated carbocycles. The Kier molecular flexibility index (Phi) is 5.05. The molecule has 0 spiro atoms. The second-order valence-corrected chi connectivity index (χ2v) is 5.68. The van der Waals surface area contributed by atoms with Crippen LogP contribution in [0, 0.1) is 0 Å². The van der Waals surface area contributed by atoms with Gasteiger partial charge >= 0.3 is 0 Å². The Morgan fingerprint density at radius 1 is 1.50 bits per heavy atom. The third-order valence-electron chi connectivity index (χ3n) is 3.35. The lowest BCUT2D eigenvalue weighted by Crippen LogP contribution is -2.43. The first-order valence-electron chi connectivity index (χ1n) is 7.06. The Morgan fingerprint density at radius 2 is 2.20 bits per heavy atom. The van der Waals surface area contributed by atoms with Gasteiger partial charge in [-0.15, -0.1) is 0 Å². The maximum Gasteiger partial charge on any atom is 0.244 e. The van der Waals surface area contributed by atoms with E-state index in [1.54, 1.807) is 0 Å². The van der Waals surface area contributed by atoms with Crippen LogP contribution in [0.5, 0.6) is 5.75 Å². The number of likely N-dealkylation sites (tertiary alicyclic amines) is 1. The summed E-state index contributed by atoms with van der Waals surface area (Å²) < 4.78 is 9.54. The Bertz CT molecular complexity index is 457. The number of aromatic nitrogens is 1. The number of ether oxygens (including phenoxy) is 1. The molecule has 1 saturated heterocycles. The van der Waals surface area contributed by atoms with Crippen molar-refractivity contribution in [1.82, 2.24) is 9.27 Å². The van der Waals surface area contributed by atoms with Crippen molar-refractivity contribution in [3.05, 3.63) is 0 Å². The van der Waals surface area contributed by atoms with Gasteiger partial charge in [-0.25, -0.2) is 0 Å². The third kappa shape index (κ3) is 3.33. The summed E-state index contributed by atoms with van der Waals surface area (Å²) in [5, 5.41) is 3.90. The van der Waals surface area contributed by atoms with Crippen LogP contribution in [-0.2, 0) is 4.79 Å². The molecule has 1 aromatic heterocycles. The highest BCUT2D eigenvalue weighted by molar-refractivity contribution is 7.11. The van der Waals surface area contributed by atoms with Gasteiger partial charge in [-0.1, -0.05) is 0 Å². The summed E-state index contributed by atoms with van der Waals surface area (Å²) in [5.41, 5.74) is 5.76. The maximum atomic E-state index is 12.4. The number of nitrogens with one attached hydrogen (secondary N) is 1. The number of rotatable bonds is 5. The zero-order valence-corrected chi connectivity index (χ0v) is 12.8. The molecular weight excluding hydrogens is 276 g/mol. The highest BCUT2D eigenvalue weighted by Gasteiger charge is 2.24. The molecule has 1 amide bonds. The van der Waals surface area contributed by atoms with Gasteiger partial charge in [-0.2, -0.15) is 4.37 Å². The van der Waals surface area contributed by atoms with Crippen molar-refractivity contribution in [1.29, 1.82) is 0 Å². The number of carbonyl (C=O) groups is 1. The minimum atomic E-state index is -0.299. The molecule has 0 bridgehead atoms. The first-order valence-corrected chi connectivity index (χ1v) is 7.84. The van der Waals surface area contributed by atoms with Gasteiger partial charge in [-0.3, -0.25) is 4.79 Å². The summed E-state index contributed by atoms with van der Waals surface area (Å²) in [5.74, 6) is 1.05. The van der Waals surface area contributed by atoms with Crippen LogP contribution in [0.2, 0.25) is 0 Å². The molecule has 0 aromatic carbocycles. The molecule has 1 unspecified atom stereocenters. The van der Waals surface area contributed by atoms with E-state index in [-0.39, 0.29) is 11.9 Å². The normalized spacial score (nSPS) is 16.8. The highest BCUT2D eigenvalue weighted by Crippen LogP contribution is 2.35. The van der Waals surface area contributed by atoms with E-state index < -0.39 is 0 Å². The van der Waals surface area contributed by atoms with Gasteiger partial charge < -0.3 is 20.7 Å². The molecule has 1 aliphatic heterocycles. The van der Waals surface area contributed by atoms with Crippen molar-refractivity contribution >= 4 is 28.3 Å². The first-order chi connectivity index (χ1) is 9.63. The summed E-state index contributed by atoms with van der Waals surface area (Å²) in [7, 11) is 0. The number of hydrogen-bond acceptors (Lipinski definition) is 6. The van der Waals surface area contributed by atoms with Crippen LogP contribution in [0.4, 0.5) is 10.8 Å². The van der Waals surface area contributed by atoms with Crippen LogP contribution >= 0.6 is 11.5 Å². The average Bonchev–Trinajstić information content (AvgIpc) is 2.81. The van der Waals surface area contributed by atoms with Gasteiger partial charge in [-0.05, 0) is 44.6 Å². The molecule has 2 rings (SSSR count). The molecular formula is C13H22N4O2S. The number of nitrogens with zero attached hydrogens (tertiary/aromatic N) is 2. The molecule has 112 valence electrons. The van der Waals surface area contributed by atoms with Gasteiger partial charge in [0.05, 0.1) is 6.61 Å². The first kappa shape index (κ1) is 14.9. The highest BCUT2D eigenvalue weighted by atomic mass is 32.1. The molecule has 1 fully saturated rings. The van der Waals surface area contributed by atoms with E-state index in [1.807, 2.05) is 18.7 Å². The van der Waals surface area contributed by atoms with E-state index in [2.05, 4.69) is 9.69 Å². The van der Waals surface area contributed by atoms with E-state index in [0.717, 1.165) is 30.9 Å². The second kappa shape index (κ2) is 6.78. The third-order valence-corrected chi connectivity index (χ3v) is 4.12. The van der Waals surface area contributed by atoms with Crippen molar-refractivity contribution in [3.8, 4) is 5.75 Å². The van der Waals surface area contributed by atoms with Crippen LogP contribution in [0.25, 0.3) is 0 Å². The topological polar surface area (TPSA) is 80.5 Å². The molecule has 0 radical (unpaired) electrons. The van der Waals surface area contributed by atoms with E-state index in [4.69, 9.17) is 10.5 Å². The fourth-order valence-corrected chi connectivity index (χ4v) is 3.06. The average molecular weight is 298 g/mol. The number of piperidine rings is 1. The lowest BCUT2D eigenvalue weighted by molar-refractivity contribution is -0.132. The fraction of sp³-hybridized carbons (Fsp3) is 0.692. The Balaban J connectivity index is 1.99. The molecule has 1 aromatic rings. The number of hydrogen-bond donors (Lipinski definition) is 2. The van der Waals surface area contributed by atoms with Gasteiger partial charge in [0, 0.05) is 13.1 Å². The van der Waals surface area contributed by atoms with Gasteiger partial charge in [0.25, 0.3) is 0 Å². The van der Waals surface area contributed by atoms with E-state index in [1.165, 1.54) is 18.0 Å². The number of nitrogens with two attached hydrogens (primary N) is 1. The minimum Gasteiger partial charge on any atom is -0.487 e. The van der Waals surface area contributed by atoms with Gasteiger partial charge in [0.2, 0.25) is 5.91 Å². The minimum absolute atomic E-state index is 0.124. The van der Waals surface area contributed by atoms with Crippen LogP contribution in [0.3, 0.4) is 0 Å². The largest absolute Gasteiger partial charge is 0.487 e. The van der Waals surface area contributed by atoms with E-state index in [9.17, 15) is 4.79 Å². The Labute approximate surface area is 123 Å². The van der Waals surface area contributed by atoms with Crippen LogP contribution in [-0.4, -0.2) is 40.9 Å². The lowest BCUT2D eigenvalue weighted by atomic mass is 10.1. The Hall–Kier alpha value is -1.50. The Morgan fingerprint density at radius 3 is 2.85 bits per heavy atom. The molecule has 7 heteroatoms. The molecule has 6 nitrogen and oxygen atoms in total. The standard InChI is InChI=1S/C13H22N4O2S/c1-3-19-10-11(14)16-20-12(10)15-9(2)13(18)17-7-5-4-6-8-17/h9,15H,3-8H2,1-2H3,(H2,14,16). The number of anilines is 2. The maximum absolute atomic E-state index is 12.4. The van der Waals surface area contributed by atoms with Crippen molar-refractivity contribution in [2.45, 2.75) is 39.2 Å². The molecule has 20 heavy (non-hydrogen) atoms. The van der Waals surface area contributed by atoms with Gasteiger partial charge in [0.1, 0.15) is 6.04 Å². The van der Waals surface area contributed by atoms with Crippen LogP contribution in [0.1, 0.15) is 33.1 Å². The molecule has 3 N–H and O–H groups in total. The molecule has 0 aliphatic carbocycles. The van der Waals surface area contributed by atoms with Crippen molar-refractivity contribution in [3.63, 3.8) is 0 Å². The zero-order valence-electron chi connectivity index (χ0n) is 12.0. The predicted octanol–water partition coefficient (Wildman–Crippen LogP) is 1.94. The summed E-state index contributed by atoms with van der Waals surface area (Å²) in [6.45, 7) is 5.99. The lowest BCUT2D eigenvalue weighted by Gasteiger charge is -2.29. The molecule has 1 atom stereocenters. The number of carbonyl (C=O) groups excluding carboxylic acids is 1. The second-order valence-electron chi connectivity index (χ2n) is 4.91. The van der Waals surface area contributed by atoms with Crippen molar-refractivity contribution in [2.75, 3.05) is 30.7 Å². The van der Waals surface area contributed by atoms with Crippen LogP contribution < -0.4 is 15.8 Å². The SMILES string of the molecule is CCOc1c(N)nsc1NC(C)C(=O)N1CCCCC1. The predicted molar refractivity (Wildman–Crippen MR) is 81.2 cm³/mol. The quantitative estimate of drug-likeness (QED) is 0.868. The fourth-order valence-electron chi connectivity index (χ4n) is 2.32. The van der Waals surface area contributed by atoms with Gasteiger partial charge in [0.15, 0.2) is 16.6 Å².